The quantitative estimate of drug-likeness (QED) is 0.808. The Morgan fingerprint density at radius 1 is 1.17 bits per heavy atom. The first-order valence-electron chi connectivity index (χ1n) is 8.99. The minimum Gasteiger partial charge on any atom is -0.371 e. The summed E-state index contributed by atoms with van der Waals surface area (Å²) in [6, 6.07) is 9.87. The highest BCUT2D eigenvalue weighted by Gasteiger charge is 2.46. The number of carbonyl (C=O) groups excluding carboxylic acids is 1. The zero-order valence-electron chi connectivity index (χ0n) is 15.6. The summed E-state index contributed by atoms with van der Waals surface area (Å²) in [5.41, 5.74) is -3.99. The van der Waals surface area contributed by atoms with Crippen molar-refractivity contribution in [3.63, 3.8) is 0 Å². The minimum atomic E-state index is -5.38. The number of sulfone groups is 1. The van der Waals surface area contributed by atoms with E-state index >= 15 is 0 Å². The fourth-order valence-corrected chi connectivity index (χ4v) is 4.00. The van der Waals surface area contributed by atoms with Crippen LogP contribution in [0.2, 0.25) is 0 Å². The fraction of sp³-hybridized carbons (Fsp3) is 0.368. The number of piperidine rings is 1. The van der Waals surface area contributed by atoms with Crippen molar-refractivity contribution in [1.82, 2.24) is 4.98 Å². The zero-order valence-corrected chi connectivity index (χ0v) is 16.4. The molecule has 0 aliphatic carbocycles. The molecule has 6 nitrogen and oxygen atoms in total. The van der Waals surface area contributed by atoms with Gasteiger partial charge in [-0.05, 0) is 56.2 Å². The Balaban J connectivity index is 1.70. The Labute approximate surface area is 166 Å². The largest absolute Gasteiger partial charge is 0.501 e. The van der Waals surface area contributed by atoms with E-state index in [4.69, 9.17) is 0 Å². The van der Waals surface area contributed by atoms with Crippen molar-refractivity contribution in [3.05, 3.63) is 48.2 Å². The van der Waals surface area contributed by atoms with E-state index in [0.717, 1.165) is 24.2 Å². The molecule has 3 rings (SSSR count). The van der Waals surface area contributed by atoms with Crippen LogP contribution in [0.15, 0.2) is 47.4 Å². The van der Waals surface area contributed by atoms with Gasteiger partial charge < -0.3 is 10.2 Å². The van der Waals surface area contributed by atoms with Crippen LogP contribution in [0.1, 0.15) is 18.5 Å². The van der Waals surface area contributed by atoms with Gasteiger partial charge in [0.05, 0.1) is 10.8 Å². The standard InChI is InChI=1S/C19H20F3N3O3S/c1-13-4-2-6-17(23-13)24-18(26)14-5-3-11-25(12-14)15-7-9-16(10-8-15)29(27,28)19(20,21)22/h2,4,6-10,14H,3,5,11-12H2,1H3,(H,23,24,26)/t14-/m0/s1. The van der Waals surface area contributed by atoms with Crippen LogP contribution in [0, 0.1) is 12.8 Å². The van der Waals surface area contributed by atoms with Crippen molar-refractivity contribution >= 4 is 27.2 Å². The van der Waals surface area contributed by atoms with Crippen LogP contribution in [0.25, 0.3) is 0 Å². The van der Waals surface area contributed by atoms with Crippen LogP contribution < -0.4 is 10.2 Å². The van der Waals surface area contributed by atoms with E-state index in [-0.39, 0.29) is 11.8 Å². The van der Waals surface area contributed by atoms with Crippen LogP contribution >= 0.6 is 0 Å². The molecule has 1 saturated heterocycles. The molecule has 1 N–H and O–H groups in total. The Hall–Kier alpha value is -2.62. The van der Waals surface area contributed by atoms with Crippen molar-refractivity contribution in [2.75, 3.05) is 23.3 Å². The molecule has 2 heterocycles. The maximum absolute atomic E-state index is 12.7. The number of nitrogens with one attached hydrogen (secondary N) is 1. The number of aryl methyl sites for hydroxylation is 1. The lowest BCUT2D eigenvalue weighted by Crippen LogP contribution is -2.40. The highest BCUT2D eigenvalue weighted by molar-refractivity contribution is 7.92. The molecule has 0 bridgehead atoms. The maximum Gasteiger partial charge on any atom is 0.501 e. The smallest absolute Gasteiger partial charge is 0.371 e. The molecule has 10 heteroatoms. The summed E-state index contributed by atoms with van der Waals surface area (Å²) in [5.74, 6) is -0.0254. The lowest BCUT2D eigenvalue weighted by molar-refractivity contribution is -0.120. The summed E-state index contributed by atoms with van der Waals surface area (Å²) in [5, 5.41) is 2.79. The number of pyridine rings is 1. The molecule has 1 aromatic heterocycles. The van der Waals surface area contributed by atoms with E-state index in [9.17, 15) is 26.4 Å². The molecule has 1 amide bonds. The Bertz CT molecular complexity index is 992. The summed E-state index contributed by atoms with van der Waals surface area (Å²) >= 11 is 0. The number of aromatic nitrogens is 1. The molecule has 2 aromatic rings. The van der Waals surface area contributed by atoms with Gasteiger partial charge in [0, 0.05) is 24.5 Å². The molecular formula is C19H20F3N3O3S. The molecule has 0 unspecified atom stereocenters. The van der Waals surface area contributed by atoms with Gasteiger partial charge in [-0.2, -0.15) is 13.2 Å². The van der Waals surface area contributed by atoms with Crippen molar-refractivity contribution in [2.45, 2.75) is 30.2 Å². The number of benzene rings is 1. The van der Waals surface area contributed by atoms with Gasteiger partial charge >= 0.3 is 5.51 Å². The normalized spacial score (nSPS) is 17.8. The van der Waals surface area contributed by atoms with E-state index in [0.29, 0.717) is 31.0 Å². The first kappa shape index (κ1) is 21.1. The molecule has 1 aliphatic heterocycles. The second-order valence-corrected chi connectivity index (χ2v) is 8.82. The number of carbonyl (C=O) groups is 1. The average Bonchev–Trinajstić information content (AvgIpc) is 2.67. The number of anilines is 2. The lowest BCUT2D eigenvalue weighted by atomic mass is 9.96. The predicted molar refractivity (Wildman–Crippen MR) is 102 cm³/mol. The Morgan fingerprint density at radius 2 is 1.86 bits per heavy atom. The second-order valence-electron chi connectivity index (χ2n) is 6.88. The number of alkyl halides is 3. The number of nitrogens with zero attached hydrogens (tertiary/aromatic N) is 2. The van der Waals surface area contributed by atoms with Gasteiger partial charge in [-0.1, -0.05) is 6.07 Å². The number of amides is 1. The SMILES string of the molecule is Cc1cccc(NC(=O)[C@H]2CCCN(c3ccc(S(=O)(=O)C(F)(F)F)cc3)C2)n1. The summed E-state index contributed by atoms with van der Waals surface area (Å²) < 4.78 is 61.0. The third-order valence-corrected chi connectivity index (χ3v) is 6.25. The van der Waals surface area contributed by atoms with E-state index < -0.39 is 20.2 Å². The molecule has 0 saturated carbocycles. The minimum absolute atomic E-state index is 0.177. The van der Waals surface area contributed by atoms with Crippen LogP contribution in [-0.4, -0.2) is 37.9 Å². The van der Waals surface area contributed by atoms with E-state index in [1.807, 2.05) is 17.9 Å². The van der Waals surface area contributed by atoms with E-state index in [1.165, 1.54) is 12.1 Å². The summed E-state index contributed by atoms with van der Waals surface area (Å²) in [7, 11) is -5.38. The van der Waals surface area contributed by atoms with Gasteiger partial charge in [0.2, 0.25) is 5.91 Å². The summed E-state index contributed by atoms with van der Waals surface area (Å²) in [6.07, 6.45) is 1.40. The van der Waals surface area contributed by atoms with Crippen molar-refractivity contribution in [3.8, 4) is 0 Å². The first-order chi connectivity index (χ1) is 13.6. The Morgan fingerprint density at radius 3 is 2.48 bits per heavy atom. The number of rotatable bonds is 4. The van der Waals surface area contributed by atoms with Crippen molar-refractivity contribution in [1.29, 1.82) is 0 Å². The average molecular weight is 427 g/mol. The molecule has 29 heavy (non-hydrogen) atoms. The fourth-order valence-electron chi connectivity index (χ4n) is 3.24. The number of halogens is 3. The topological polar surface area (TPSA) is 79.4 Å². The van der Waals surface area contributed by atoms with Crippen LogP contribution in [0.3, 0.4) is 0 Å². The van der Waals surface area contributed by atoms with E-state index in [1.54, 1.807) is 12.1 Å². The van der Waals surface area contributed by atoms with Gasteiger partial charge in [-0.25, -0.2) is 13.4 Å². The molecule has 1 atom stereocenters. The third kappa shape index (κ3) is 4.69. The molecule has 1 aliphatic rings. The molecule has 156 valence electrons. The van der Waals surface area contributed by atoms with E-state index in [2.05, 4.69) is 10.3 Å². The second kappa shape index (κ2) is 8.02. The van der Waals surface area contributed by atoms with Crippen LogP contribution in [0.4, 0.5) is 24.7 Å². The first-order valence-corrected chi connectivity index (χ1v) is 10.5. The predicted octanol–water partition coefficient (Wildman–Crippen LogP) is 3.54. The molecule has 1 fully saturated rings. The molecule has 0 radical (unpaired) electrons. The van der Waals surface area contributed by atoms with Gasteiger partial charge in [0.25, 0.3) is 9.84 Å². The van der Waals surface area contributed by atoms with Gasteiger partial charge in [-0.3, -0.25) is 4.79 Å². The van der Waals surface area contributed by atoms with Crippen LogP contribution in [0.5, 0.6) is 0 Å². The number of hydrogen-bond acceptors (Lipinski definition) is 5. The molecule has 1 aromatic carbocycles. The third-order valence-electron chi connectivity index (χ3n) is 4.75. The van der Waals surface area contributed by atoms with Gasteiger partial charge in [0.15, 0.2) is 0 Å². The van der Waals surface area contributed by atoms with Gasteiger partial charge in [-0.15, -0.1) is 0 Å². The zero-order chi connectivity index (χ0) is 21.2. The molecular weight excluding hydrogens is 407 g/mol. The highest BCUT2D eigenvalue weighted by Crippen LogP contribution is 2.32. The molecule has 0 spiro atoms. The lowest BCUT2D eigenvalue weighted by Gasteiger charge is -2.33. The highest BCUT2D eigenvalue weighted by atomic mass is 32.2. The Kier molecular flexibility index (Phi) is 5.83. The van der Waals surface area contributed by atoms with Crippen molar-refractivity contribution in [2.24, 2.45) is 5.92 Å². The van der Waals surface area contributed by atoms with Gasteiger partial charge in [0.1, 0.15) is 5.82 Å². The summed E-state index contributed by atoms with van der Waals surface area (Å²) in [6.45, 7) is 2.82. The summed E-state index contributed by atoms with van der Waals surface area (Å²) in [4.78, 5) is 17.9. The maximum atomic E-state index is 12.7. The van der Waals surface area contributed by atoms with Crippen LogP contribution in [-0.2, 0) is 14.6 Å². The monoisotopic (exact) mass is 427 g/mol. The number of hydrogen-bond donors (Lipinski definition) is 1. The van der Waals surface area contributed by atoms with Crippen molar-refractivity contribution < 1.29 is 26.4 Å².